The van der Waals surface area contributed by atoms with Crippen LogP contribution in [0.5, 0.6) is 0 Å². The zero-order chi connectivity index (χ0) is 35.7. The Morgan fingerprint density at radius 2 is 1.21 bits per heavy atom. The van der Waals surface area contributed by atoms with Crippen LogP contribution < -0.4 is 5.32 Å². The number of aliphatic hydroxyl groups excluding tert-OH is 1. The van der Waals surface area contributed by atoms with Crippen molar-refractivity contribution in [2.75, 3.05) is 19.8 Å². The minimum atomic E-state index is -4.75. The van der Waals surface area contributed by atoms with Gasteiger partial charge in [0.05, 0.1) is 13.2 Å². The highest BCUT2D eigenvalue weighted by Crippen LogP contribution is 2.43. The maximum Gasteiger partial charge on any atom is 0.472 e. The molecule has 12 heteroatoms. The van der Waals surface area contributed by atoms with Crippen molar-refractivity contribution in [3.8, 4) is 0 Å². The fraction of sp³-hybridized carbons (Fsp3) is 0.639. The Balaban J connectivity index is 3.98. The van der Waals surface area contributed by atoms with Gasteiger partial charge in [-0.1, -0.05) is 107 Å². The Morgan fingerprint density at radius 3 is 1.79 bits per heavy atom. The average molecular weight is 698 g/mol. The second-order valence-electron chi connectivity index (χ2n) is 11.3. The van der Waals surface area contributed by atoms with Crippen molar-refractivity contribution in [1.29, 1.82) is 0 Å². The van der Waals surface area contributed by atoms with Crippen LogP contribution in [0, 0.1) is 0 Å². The van der Waals surface area contributed by atoms with Gasteiger partial charge in [-0.15, -0.1) is 0 Å². The summed E-state index contributed by atoms with van der Waals surface area (Å²) in [6.45, 7) is 2.27. The Kier molecular flexibility index (Phi) is 29.6. The van der Waals surface area contributed by atoms with Crippen LogP contribution >= 0.6 is 7.82 Å². The average Bonchev–Trinajstić information content (AvgIpc) is 3.05. The van der Waals surface area contributed by atoms with Crippen molar-refractivity contribution in [3.63, 3.8) is 0 Å². The van der Waals surface area contributed by atoms with Crippen LogP contribution in [0.2, 0.25) is 0 Å². The van der Waals surface area contributed by atoms with E-state index in [2.05, 4.69) is 84.4 Å². The molecule has 274 valence electrons. The summed E-state index contributed by atoms with van der Waals surface area (Å²) in [5, 5.41) is 21.5. The summed E-state index contributed by atoms with van der Waals surface area (Å²) < 4.78 is 26.5. The summed E-state index contributed by atoms with van der Waals surface area (Å²) in [5.41, 5.74) is 0. The zero-order valence-corrected chi connectivity index (χ0v) is 29.9. The number of carboxylic acid groups (broad SMARTS) is 1. The molecule has 0 rings (SSSR count). The molecule has 0 aliphatic rings. The number of esters is 1. The molecule has 0 aliphatic heterocycles. The number of unbranched alkanes of at least 4 members (excludes halogenated alkanes) is 7. The number of hydrogen-bond acceptors (Lipinski definition) is 8. The first-order chi connectivity index (χ1) is 23.1. The van der Waals surface area contributed by atoms with Gasteiger partial charge in [-0.25, -0.2) is 9.36 Å². The molecular formula is C36H60NO10P. The lowest BCUT2D eigenvalue weighted by Crippen LogP contribution is -2.43. The first-order valence-corrected chi connectivity index (χ1v) is 18.8. The number of carboxylic acids is 1. The molecule has 0 bridgehead atoms. The number of phosphoric acid groups is 1. The van der Waals surface area contributed by atoms with Gasteiger partial charge in [0, 0.05) is 12.8 Å². The third-order valence-electron chi connectivity index (χ3n) is 6.82. The third kappa shape index (κ3) is 30.5. The topological polar surface area (TPSA) is 169 Å². The number of allylic oxidation sites excluding steroid dienone is 10. The van der Waals surface area contributed by atoms with E-state index in [9.17, 15) is 34.1 Å². The van der Waals surface area contributed by atoms with Crippen molar-refractivity contribution >= 4 is 25.7 Å². The molecule has 11 nitrogen and oxygen atoms in total. The van der Waals surface area contributed by atoms with Crippen LogP contribution in [-0.4, -0.2) is 64.9 Å². The van der Waals surface area contributed by atoms with Crippen molar-refractivity contribution in [1.82, 2.24) is 5.32 Å². The van der Waals surface area contributed by atoms with Crippen LogP contribution in [0.1, 0.15) is 117 Å². The van der Waals surface area contributed by atoms with Gasteiger partial charge in [0.25, 0.3) is 0 Å². The van der Waals surface area contributed by atoms with Crippen LogP contribution in [0.3, 0.4) is 0 Å². The maximum absolute atomic E-state index is 12.1. The first kappa shape index (κ1) is 45.2. The molecular weight excluding hydrogens is 637 g/mol. The van der Waals surface area contributed by atoms with Crippen molar-refractivity contribution in [2.45, 2.75) is 129 Å². The number of rotatable bonds is 31. The smallest absolute Gasteiger partial charge is 0.472 e. The molecule has 0 fully saturated rings. The number of nitrogens with one attached hydrogen (secondary N) is 1. The molecule has 0 aromatic rings. The quantitative estimate of drug-likeness (QED) is 0.0244. The normalized spacial score (nSPS) is 14.8. The summed E-state index contributed by atoms with van der Waals surface area (Å²) in [5.74, 6) is -2.44. The van der Waals surface area contributed by atoms with E-state index < -0.39 is 57.6 Å². The first-order valence-electron chi connectivity index (χ1n) is 17.3. The molecule has 0 saturated heterocycles. The van der Waals surface area contributed by atoms with E-state index in [0.717, 1.165) is 77.0 Å². The van der Waals surface area contributed by atoms with Crippen molar-refractivity contribution < 1.29 is 47.8 Å². The maximum atomic E-state index is 12.1. The second-order valence-corrected chi connectivity index (χ2v) is 12.8. The lowest BCUT2D eigenvalue weighted by atomic mass is 10.1. The molecule has 1 amide bonds. The minimum Gasteiger partial charge on any atom is -0.480 e. The molecule has 0 spiro atoms. The van der Waals surface area contributed by atoms with Gasteiger partial charge in [-0.05, 0) is 57.8 Å². The Morgan fingerprint density at radius 1 is 0.688 bits per heavy atom. The van der Waals surface area contributed by atoms with E-state index in [1.165, 1.54) is 0 Å². The zero-order valence-electron chi connectivity index (χ0n) is 29.0. The van der Waals surface area contributed by atoms with E-state index in [1.54, 1.807) is 0 Å². The van der Waals surface area contributed by atoms with E-state index in [0.29, 0.717) is 12.8 Å². The number of carbonyl (C=O) groups is 3. The number of phosphoric ester groups is 1. The summed E-state index contributed by atoms with van der Waals surface area (Å²) >= 11 is 0. The highest BCUT2D eigenvalue weighted by atomic mass is 31.2. The number of amides is 1. The summed E-state index contributed by atoms with van der Waals surface area (Å²) in [6, 6.07) is -1.55. The minimum absolute atomic E-state index is 0.136. The predicted molar refractivity (Wildman–Crippen MR) is 189 cm³/mol. The summed E-state index contributed by atoms with van der Waals surface area (Å²) in [6.07, 6.45) is 33.2. The fourth-order valence-electron chi connectivity index (χ4n) is 4.10. The van der Waals surface area contributed by atoms with Gasteiger partial charge in [-0.2, -0.15) is 0 Å². The van der Waals surface area contributed by atoms with E-state index >= 15 is 0 Å². The Hall–Kier alpha value is -2.82. The molecule has 0 radical (unpaired) electrons. The molecule has 0 saturated carbocycles. The molecule has 0 aromatic carbocycles. The number of carbonyl (C=O) groups excluding carboxylic acids is 2. The molecule has 0 heterocycles. The SMILES string of the molecule is CC/C=C\C/C=C\C/C=C\C/C=C\C/C=C\CCCCCC(=O)OCC(O)COP(=O)(O)OCC(NC(=O)CCCCCCC)C(=O)O. The Labute approximate surface area is 287 Å². The van der Waals surface area contributed by atoms with Gasteiger partial charge in [-0.3, -0.25) is 18.6 Å². The number of ether oxygens (including phenoxy) is 1. The molecule has 3 unspecified atom stereocenters. The lowest BCUT2D eigenvalue weighted by molar-refractivity contribution is -0.147. The van der Waals surface area contributed by atoms with Crippen LogP contribution in [0.25, 0.3) is 0 Å². The number of hydrogen-bond donors (Lipinski definition) is 4. The van der Waals surface area contributed by atoms with Gasteiger partial charge in [0.2, 0.25) is 5.91 Å². The standard InChI is InChI=1S/C36H60NO10P/c1-3-5-7-9-10-11-12-13-14-15-16-17-18-19-20-21-22-24-26-28-35(40)45-29-32(38)30-46-48(43,44)47-31-33(36(41)42)37-34(39)27-25-23-8-6-4-2/h5,7,10-11,13-14,16-17,19-20,32-33,38H,3-4,6,8-9,12,15,18,21-31H2,1-2H3,(H,37,39)(H,41,42)(H,43,44)/b7-5-,11-10-,14-13-,17-16-,20-19-. The lowest BCUT2D eigenvalue weighted by Gasteiger charge is -2.18. The highest BCUT2D eigenvalue weighted by Gasteiger charge is 2.28. The summed E-state index contributed by atoms with van der Waals surface area (Å²) in [7, 11) is -4.75. The van der Waals surface area contributed by atoms with E-state index in [-0.39, 0.29) is 12.8 Å². The van der Waals surface area contributed by atoms with Crippen LogP contribution in [0.15, 0.2) is 60.8 Å². The number of aliphatic carboxylic acids is 1. The van der Waals surface area contributed by atoms with Crippen LogP contribution in [0.4, 0.5) is 0 Å². The monoisotopic (exact) mass is 697 g/mol. The van der Waals surface area contributed by atoms with Crippen LogP contribution in [-0.2, 0) is 32.7 Å². The van der Waals surface area contributed by atoms with E-state index in [4.69, 9.17) is 9.26 Å². The summed E-state index contributed by atoms with van der Waals surface area (Å²) in [4.78, 5) is 45.2. The Bertz CT molecular complexity index is 1050. The molecule has 3 atom stereocenters. The molecule has 0 aliphatic carbocycles. The molecule has 0 aromatic heterocycles. The fourth-order valence-corrected chi connectivity index (χ4v) is 4.88. The van der Waals surface area contributed by atoms with Crippen molar-refractivity contribution in [3.05, 3.63) is 60.8 Å². The van der Waals surface area contributed by atoms with E-state index in [1.807, 2.05) is 0 Å². The van der Waals surface area contributed by atoms with Crippen molar-refractivity contribution in [2.24, 2.45) is 0 Å². The largest absolute Gasteiger partial charge is 0.480 e. The molecule has 48 heavy (non-hydrogen) atoms. The molecule has 4 N–H and O–H groups in total. The third-order valence-corrected chi connectivity index (χ3v) is 7.77. The highest BCUT2D eigenvalue weighted by molar-refractivity contribution is 7.47. The van der Waals surface area contributed by atoms with Gasteiger partial charge in [0.1, 0.15) is 12.7 Å². The van der Waals surface area contributed by atoms with Gasteiger partial charge < -0.3 is 25.2 Å². The predicted octanol–water partition coefficient (Wildman–Crippen LogP) is 7.66. The van der Waals surface area contributed by atoms with Gasteiger partial charge in [0.15, 0.2) is 6.04 Å². The number of aliphatic hydroxyl groups is 1. The van der Waals surface area contributed by atoms with Gasteiger partial charge >= 0.3 is 19.8 Å². The second kappa shape index (κ2) is 31.4.